The van der Waals surface area contributed by atoms with Crippen LogP contribution in [0.1, 0.15) is 28.2 Å². The second-order valence-corrected chi connectivity index (χ2v) is 7.42. The van der Waals surface area contributed by atoms with E-state index >= 15 is 0 Å². The van der Waals surface area contributed by atoms with Gasteiger partial charge in [-0.2, -0.15) is 21.0 Å². The molecular formula is C24H14N4O2. The van der Waals surface area contributed by atoms with Gasteiger partial charge in [0.15, 0.2) is 5.41 Å². The molecule has 1 aliphatic rings. The summed E-state index contributed by atoms with van der Waals surface area (Å²) in [6, 6.07) is 21.8. The number of benzene rings is 2. The van der Waals surface area contributed by atoms with Crippen LogP contribution in [0.3, 0.4) is 0 Å². The van der Waals surface area contributed by atoms with Gasteiger partial charge in [-0.15, -0.1) is 0 Å². The van der Waals surface area contributed by atoms with Gasteiger partial charge in [0.25, 0.3) is 0 Å². The summed E-state index contributed by atoms with van der Waals surface area (Å²) >= 11 is 0. The van der Waals surface area contributed by atoms with Crippen LogP contribution in [0.25, 0.3) is 11.0 Å². The molecule has 0 aliphatic heterocycles. The first-order valence-electron chi connectivity index (χ1n) is 9.24. The first-order valence-corrected chi connectivity index (χ1v) is 9.24. The number of fused-ring (bicyclic) bond motifs is 3. The lowest BCUT2D eigenvalue weighted by Gasteiger charge is -2.42. The van der Waals surface area contributed by atoms with Crippen molar-refractivity contribution >= 4 is 11.0 Å². The lowest BCUT2D eigenvalue weighted by Crippen LogP contribution is -2.53. The molecule has 1 aliphatic carbocycles. The maximum absolute atomic E-state index is 13.0. The average Bonchev–Trinajstić information content (AvgIpc) is 2.78. The topological polar surface area (TPSA) is 125 Å². The summed E-state index contributed by atoms with van der Waals surface area (Å²) in [7, 11) is 0. The van der Waals surface area contributed by atoms with Gasteiger partial charge >= 0.3 is 5.63 Å². The molecule has 4 rings (SSSR count). The molecule has 1 atom stereocenters. The highest BCUT2D eigenvalue weighted by atomic mass is 16.4. The molecule has 0 amide bonds. The summed E-state index contributed by atoms with van der Waals surface area (Å²) < 4.78 is 5.45. The zero-order valence-electron chi connectivity index (χ0n) is 16.0. The molecule has 6 nitrogen and oxygen atoms in total. The summed E-state index contributed by atoms with van der Waals surface area (Å²) in [5, 5.41) is 41.1. The van der Waals surface area contributed by atoms with Crippen molar-refractivity contribution in [3.63, 3.8) is 0 Å². The van der Waals surface area contributed by atoms with Gasteiger partial charge in [-0.05, 0) is 36.1 Å². The Morgan fingerprint density at radius 3 is 2.23 bits per heavy atom. The molecule has 0 saturated carbocycles. The van der Waals surface area contributed by atoms with Gasteiger partial charge in [0.05, 0.1) is 29.8 Å². The Hall–Kier alpha value is -4.39. The molecule has 3 aromatic rings. The maximum atomic E-state index is 13.0. The number of nitriles is 4. The molecule has 2 aromatic carbocycles. The fourth-order valence-electron chi connectivity index (χ4n) is 4.49. The highest BCUT2D eigenvalue weighted by molar-refractivity contribution is 5.84. The molecule has 0 saturated heterocycles. The first-order chi connectivity index (χ1) is 14.5. The van der Waals surface area contributed by atoms with Gasteiger partial charge in [0.1, 0.15) is 5.58 Å². The van der Waals surface area contributed by atoms with Crippen molar-refractivity contribution in [3.05, 3.63) is 81.2 Å². The maximum Gasteiger partial charge on any atom is 0.342 e. The molecule has 0 spiro atoms. The van der Waals surface area contributed by atoms with Crippen LogP contribution in [0.2, 0.25) is 0 Å². The highest BCUT2D eigenvalue weighted by Gasteiger charge is 2.65. The Balaban J connectivity index is 2.21. The number of hydrogen-bond donors (Lipinski definition) is 0. The smallest absolute Gasteiger partial charge is 0.342 e. The van der Waals surface area contributed by atoms with Crippen molar-refractivity contribution in [2.75, 3.05) is 0 Å². The number of rotatable bonds is 1. The summed E-state index contributed by atoms with van der Waals surface area (Å²) in [5.41, 5.74) is -3.11. The SMILES string of the molecule is Cc1ccc2c3c(c(=O)oc2c1)C(C#N)(C#N)C(C#N)(C#N)[C@H](c1ccccc1)C3. The Morgan fingerprint density at radius 1 is 0.967 bits per heavy atom. The minimum Gasteiger partial charge on any atom is -0.422 e. The fraction of sp³-hybridized carbons (Fsp3) is 0.208. The van der Waals surface area contributed by atoms with Crippen LogP contribution in [-0.2, 0) is 11.8 Å². The van der Waals surface area contributed by atoms with Crippen LogP contribution in [0.5, 0.6) is 0 Å². The van der Waals surface area contributed by atoms with Crippen LogP contribution < -0.4 is 5.63 Å². The quantitative estimate of drug-likeness (QED) is 0.582. The third-order valence-corrected chi connectivity index (χ3v) is 5.96. The molecule has 0 N–H and O–H groups in total. The van der Waals surface area contributed by atoms with Crippen LogP contribution >= 0.6 is 0 Å². The van der Waals surface area contributed by atoms with Gasteiger partial charge < -0.3 is 4.42 Å². The highest BCUT2D eigenvalue weighted by Crippen LogP contribution is 2.56. The lowest BCUT2D eigenvalue weighted by atomic mass is 9.50. The van der Waals surface area contributed by atoms with E-state index in [1.165, 1.54) is 0 Å². The molecule has 142 valence electrons. The molecular weight excluding hydrogens is 376 g/mol. The zero-order valence-corrected chi connectivity index (χ0v) is 16.0. The van der Waals surface area contributed by atoms with Gasteiger partial charge in [0.2, 0.25) is 5.41 Å². The Labute approximate surface area is 172 Å². The lowest BCUT2D eigenvalue weighted by molar-refractivity contribution is 0.287. The van der Waals surface area contributed by atoms with Crippen LogP contribution in [0.4, 0.5) is 0 Å². The molecule has 30 heavy (non-hydrogen) atoms. The van der Waals surface area contributed by atoms with Crippen molar-refractivity contribution in [1.29, 1.82) is 21.0 Å². The Kier molecular flexibility index (Phi) is 4.17. The monoisotopic (exact) mass is 390 g/mol. The summed E-state index contributed by atoms with van der Waals surface area (Å²) in [6.45, 7) is 1.86. The Bertz CT molecular complexity index is 1380. The molecule has 0 bridgehead atoms. The van der Waals surface area contributed by atoms with Crippen molar-refractivity contribution in [2.45, 2.75) is 24.7 Å². The van der Waals surface area contributed by atoms with Crippen LogP contribution in [0, 0.1) is 57.7 Å². The zero-order chi connectivity index (χ0) is 21.5. The van der Waals surface area contributed by atoms with E-state index in [0.29, 0.717) is 22.1 Å². The predicted octanol–water partition coefficient (Wildman–Crippen LogP) is 3.76. The van der Waals surface area contributed by atoms with E-state index in [9.17, 15) is 25.8 Å². The van der Waals surface area contributed by atoms with E-state index in [4.69, 9.17) is 4.42 Å². The van der Waals surface area contributed by atoms with E-state index in [0.717, 1.165) is 5.56 Å². The van der Waals surface area contributed by atoms with Crippen molar-refractivity contribution in [1.82, 2.24) is 0 Å². The average molecular weight is 390 g/mol. The molecule has 0 fully saturated rings. The number of aryl methyl sites for hydroxylation is 1. The van der Waals surface area contributed by atoms with E-state index in [-0.39, 0.29) is 12.0 Å². The summed E-state index contributed by atoms with van der Waals surface area (Å²) in [4.78, 5) is 13.0. The normalized spacial score (nSPS) is 18.2. The number of nitrogens with zero attached hydrogens (tertiary/aromatic N) is 4. The largest absolute Gasteiger partial charge is 0.422 e. The minimum absolute atomic E-state index is 0.150. The molecule has 1 aromatic heterocycles. The molecule has 0 radical (unpaired) electrons. The van der Waals surface area contributed by atoms with E-state index in [2.05, 4.69) is 0 Å². The third kappa shape index (κ3) is 2.23. The Morgan fingerprint density at radius 2 is 1.63 bits per heavy atom. The van der Waals surface area contributed by atoms with Gasteiger partial charge in [-0.3, -0.25) is 0 Å². The number of hydrogen-bond acceptors (Lipinski definition) is 6. The first kappa shape index (κ1) is 18.9. The van der Waals surface area contributed by atoms with Gasteiger partial charge in [-0.1, -0.05) is 42.5 Å². The van der Waals surface area contributed by atoms with Crippen molar-refractivity contribution in [2.24, 2.45) is 5.41 Å². The van der Waals surface area contributed by atoms with Gasteiger partial charge in [-0.25, -0.2) is 4.79 Å². The summed E-state index contributed by atoms with van der Waals surface area (Å²) in [5.74, 6) is -0.785. The molecule has 6 heteroatoms. The fourth-order valence-corrected chi connectivity index (χ4v) is 4.49. The van der Waals surface area contributed by atoms with E-state index in [1.54, 1.807) is 42.5 Å². The second kappa shape index (κ2) is 6.59. The minimum atomic E-state index is -2.30. The van der Waals surface area contributed by atoms with Crippen molar-refractivity contribution < 1.29 is 4.42 Å². The molecule has 1 heterocycles. The van der Waals surface area contributed by atoms with Gasteiger partial charge in [0, 0.05) is 11.3 Å². The van der Waals surface area contributed by atoms with E-state index in [1.807, 2.05) is 37.3 Å². The standard InChI is InChI=1S/C24H14N4O2/c1-15-7-8-17-18-10-19(16-5-3-2-4-6-16)23(11-25,12-26)24(13-27,14-28)21(18)22(29)30-20(17)9-15/h2-9,19H,10H2,1H3/t19-/m0/s1. The third-order valence-electron chi connectivity index (χ3n) is 5.96. The van der Waals surface area contributed by atoms with Crippen LogP contribution in [-0.4, -0.2) is 0 Å². The molecule has 0 unspecified atom stereocenters. The second-order valence-electron chi connectivity index (χ2n) is 7.42. The predicted molar refractivity (Wildman–Crippen MR) is 107 cm³/mol. The summed E-state index contributed by atoms with van der Waals surface area (Å²) in [6.07, 6.45) is 0.150. The van der Waals surface area contributed by atoms with Crippen LogP contribution in [0.15, 0.2) is 57.7 Å². The van der Waals surface area contributed by atoms with E-state index < -0.39 is 22.4 Å². The van der Waals surface area contributed by atoms with Crippen molar-refractivity contribution in [3.8, 4) is 24.3 Å².